The standard InChI is InChI=1S/C18H17NO3/c20-16(15-9-5-2-6-10-15)19-18(11-12-22-17(18)21)13-14-7-3-1-4-8-14/h1-10H,11-13H2,(H,19,20)/t18-/m1/s1. The molecule has 112 valence electrons. The fourth-order valence-electron chi connectivity index (χ4n) is 2.70. The molecule has 2 aromatic rings. The first-order valence-corrected chi connectivity index (χ1v) is 7.28. The summed E-state index contributed by atoms with van der Waals surface area (Å²) in [7, 11) is 0. The van der Waals surface area contributed by atoms with Crippen molar-refractivity contribution in [2.24, 2.45) is 0 Å². The second-order valence-electron chi connectivity index (χ2n) is 5.45. The molecule has 4 nitrogen and oxygen atoms in total. The van der Waals surface area contributed by atoms with E-state index in [0.717, 1.165) is 5.56 Å². The lowest BCUT2D eigenvalue weighted by Gasteiger charge is -2.26. The van der Waals surface area contributed by atoms with Crippen LogP contribution in [0.1, 0.15) is 22.3 Å². The maximum absolute atomic E-state index is 12.4. The van der Waals surface area contributed by atoms with Crippen molar-refractivity contribution in [3.05, 3.63) is 71.8 Å². The molecule has 1 saturated heterocycles. The van der Waals surface area contributed by atoms with Gasteiger partial charge in [0.05, 0.1) is 6.61 Å². The molecule has 0 saturated carbocycles. The zero-order chi connectivity index (χ0) is 15.4. The zero-order valence-electron chi connectivity index (χ0n) is 12.1. The molecule has 1 aliphatic rings. The molecule has 1 N–H and O–H groups in total. The highest BCUT2D eigenvalue weighted by atomic mass is 16.5. The van der Waals surface area contributed by atoms with Gasteiger partial charge in [0.25, 0.3) is 5.91 Å². The molecule has 1 heterocycles. The average Bonchev–Trinajstić information content (AvgIpc) is 2.89. The summed E-state index contributed by atoms with van der Waals surface area (Å²) in [6.07, 6.45) is 0.921. The number of carbonyl (C=O) groups excluding carboxylic acids is 2. The summed E-state index contributed by atoms with van der Waals surface area (Å²) in [5.74, 6) is -0.615. The van der Waals surface area contributed by atoms with Crippen LogP contribution in [0.3, 0.4) is 0 Å². The van der Waals surface area contributed by atoms with Gasteiger partial charge < -0.3 is 10.1 Å². The fraction of sp³-hybridized carbons (Fsp3) is 0.222. The Morgan fingerprint density at radius 1 is 1.05 bits per heavy atom. The third-order valence-electron chi connectivity index (χ3n) is 3.89. The Morgan fingerprint density at radius 2 is 1.68 bits per heavy atom. The number of amides is 1. The van der Waals surface area contributed by atoms with Crippen LogP contribution in [0.15, 0.2) is 60.7 Å². The van der Waals surface area contributed by atoms with Gasteiger partial charge in [-0.25, -0.2) is 4.79 Å². The van der Waals surface area contributed by atoms with Gasteiger partial charge in [-0.15, -0.1) is 0 Å². The van der Waals surface area contributed by atoms with E-state index in [1.807, 2.05) is 36.4 Å². The Hall–Kier alpha value is -2.62. The molecular weight excluding hydrogens is 278 g/mol. The molecule has 2 aromatic carbocycles. The van der Waals surface area contributed by atoms with Crippen molar-refractivity contribution in [2.75, 3.05) is 6.61 Å². The molecule has 0 radical (unpaired) electrons. The molecule has 1 amide bonds. The largest absolute Gasteiger partial charge is 0.464 e. The molecular formula is C18H17NO3. The Bertz CT molecular complexity index is 669. The van der Waals surface area contributed by atoms with Gasteiger partial charge in [0, 0.05) is 18.4 Å². The summed E-state index contributed by atoms with van der Waals surface area (Å²) in [4.78, 5) is 24.7. The third kappa shape index (κ3) is 2.86. The smallest absolute Gasteiger partial charge is 0.332 e. The van der Waals surface area contributed by atoms with Gasteiger partial charge in [-0.05, 0) is 17.7 Å². The Kier molecular flexibility index (Phi) is 3.92. The van der Waals surface area contributed by atoms with Crippen LogP contribution in [0.25, 0.3) is 0 Å². The molecule has 1 fully saturated rings. The van der Waals surface area contributed by atoms with E-state index < -0.39 is 5.54 Å². The third-order valence-corrected chi connectivity index (χ3v) is 3.89. The molecule has 4 heteroatoms. The Morgan fingerprint density at radius 3 is 2.27 bits per heavy atom. The predicted molar refractivity (Wildman–Crippen MR) is 82.4 cm³/mol. The lowest BCUT2D eigenvalue weighted by Crippen LogP contribution is -2.53. The number of nitrogens with one attached hydrogen (secondary N) is 1. The molecule has 0 spiro atoms. The number of esters is 1. The minimum Gasteiger partial charge on any atom is -0.464 e. The number of rotatable bonds is 4. The van der Waals surface area contributed by atoms with Gasteiger partial charge in [-0.1, -0.05) is 48.5 Å². The highest BCUT2D eigenvalue weighted by Gasteiger charge is 2.45. The van der Waals surface area contributed by atoms with Crippen LogP contribution in [0, 0.1) is 0 Å². The van der Waals surface area contributed by atoms with Crippen LogP contribution >= 0.6 is 0 Å². The molecule has 1 atom stereocenters. The quantitative estimate of drug-likeness (QED) is 0.881. The summed E-state index contributed by atoms with van der Waals surface area (Å²) < 4.78 is 5.12. The van der Waals surface area contributed by atoms with Crippen molar-refractivity contribution in [1.29, 1.82) is 0 Å². The highest BCUT2D eigenvalue weighted by Crippen LogP contribution is 2.25. The zero-order valence-corrected chi connectivity index (χ0v) is 12.1. The lowest BCUT2D eigenvalue weighted by atomic mass is 9.89. The van der Waals surface area contributed by atoms with Crippen LogP contribution in [-0.2, 0) is 16.0 Å². The summed E-state index contributed by atoms with van der Waals surface area (Å²) in [6, 6.07) is 18.6. The molecule has 22 heavy (non-hydrogen) atoms. The molecule has 0 bridgehead atoms. The van der Waals surface area contributed by atoms with Crippen molar-refractivity contribution in [3.63, 3.8) is 0 Å². The fourth-order valence-corrected chi connectivity index (χ4v) is 2.70. The number of benzene rings is 2. The molecule has 1 aliphatic heterocycles. The summed E-state index contributed by atoms with van der Waals surface area (Å²) in [6.45, 7) is 0.334. The van der Waals surface area contributed by atoms with Crippen molar-refractivity contribution < 1.29 is 14.3 Å². The summed E-state index contributed by atoms with van der Waals surface area (Å²) in [5, 5.41) is 2.89. The van der Waals surface area contributed by atoms with E-state index in [0.29, 0.717) is 25.0 Å². The van der Waals surface area contributed by atoms with E-state index in [9.17, 15) is 9.59 Å². The monoisotopic (exact) mass is 295 g/mol. The average molecular weight is 295 g/mol. The van der Waals surface area contributed by atoms with Crippen molar-refractivity contribution >= 4 is 11.9 Å². The second-order valence-corrected chi connectivity index (χ2v) is 5.45. The Labute approximate surface area is 129 Å². The van der Waals surface area contributed by atoms with Gasteiger partial charge in [0.1, 0.15) is 5.54 Å². The van der Waals surface area contributed by atoms with Crippen LogP contribution in [0.4, 0.5) is 0 Å². The molecule has 0 unspecified atom stereocenters. The highest BCUT2D eigenvalue weighted by molar-refractivity contribution is 5.98. The van der Waals surface area contributed by atoms with Crippen molar-refractivity contribution in [2.45, 2.75) is 18.4 Å². The van der Waals surface area contributed by atoms with Crippen LogP contribution in [0.2, 0.25) is 0 Å². The van der Waals surface area contributed by atoms with Crippen molar-refractivity contribution in [1.82, 2.24) is 5.32 Å². The van der Waals surface area contributed by atoms with E-state index in [4.69, 9.17) is 4.74 Å². The first-order chi connectivity index (χ1) is 10.7. The van der Waals surface area contributed by atoms with E-state index in [2.05, 4.69) is 5.32 Å². The minimum atomic E-state index is -0.978. The summed E-state index contributed by atoms with van der Waals surface area (Å²) in [5.41, 5.74) is 0.554. The van der Waals surface area contributed by atoms with E-state index in [1.165, 1.54) is 0 Å². The number of hydrogen-bond acceptors (Lipinski definition) is 3. The van der Waals surface area contributed by atoms with Crippen LogP contribution in [0.5, 0.6) is 0 Å². The van der Waals surface area contributed by atoms with Crippen LogP contribution in [-0.4, -0.2) is 24.0 Å². The SMILES string of the molecule is O=C(N[C@@]1(Cc2ccccc2)CCOC1=O)c1ccccc1. The number of ether oxygens (including phenoxy) is 1. The van der Waals surface area contributed by atoms with Gasteiger partial charge >= 0.3 is 5.97 Å². The minimum absolute atomic E-state index is 0.254. The van der Waals surface area contributed by atoms with E-state index in [-0.39, 0.29) is 11.9 Å². The van der Waals surface area contributed by atoms with Gasteiger partial charge in [0.15, 0.2) is 0 Å². The number of hydrogen-bond donors (Lipinski definition) is 1. The molecule has 3 rings (SSSR count). The van der Waals surface area contributed by atoms with Gasteiger partial charge in [-0.3, -0.25) is 4.79 Å². The van der Waals surface area contributed by atoms with Crippen LogP contribution < -0.4 is 5.32 Å². The van der Waals surface area contributed by atoms with E-state index in [1.54, 1.807) is 24.3 Å². The number of carbonyl (C=O) groups is 2. The first kappa shape index (κ1) is 14.3. The van der Waals surface area contributed by atoms with Gasteiger partial charge in [0.2, 0.25) is 0 Å². The molecule has 0 aliphatic carbocycles. The maximum Gasteiger partial charge on any atom is 0.332 e. The van der Waals surface area contributed by atoms with Crippen molar-refractivity contribution in [3.8, 4) is 0 Å². The first-order valence-electron chi connectivity index (χ1n) is 7.28. The second kappa shape index (κ2) is 6.02. The normalized spacial score (nSPS) is 20.5. The topological polar surface area (TPSA) is 55.4 Å². The van der Waals surface area contributed by atoms with Gasteiger partial charge in [-0.2, -0.15) is 0 Å². The predicted octanol–water partition coefficient (Wildman–Crippen LogP) is 2.34. The number of cyclic esters (lactones) is 1. The van der Waals surface area contributed by atoms with E-state index >= 15 is 0 Å². The molecule has 0 aromatic heterocycles. The summed E-state index contributed by atoms with van der Waals surface area (Å²) >= 11 is 0. The maximum atomic E-state index is 12.4. The lowest BCUT2D eigenvalue weighted by molar-refractivity contribution is -0.143. The Balaban J connectivity index is 1.84.